The molecule has 0 fully saturated rings. The third kappa shape index (κ3) is 3.87. The van der Waals surface area contributed by atoms with Crippen LogP contribution in [0.2, 0.25) is 0 Å². The van der Waals surface area contributed by atoms with Crippen LogP contribution < -0.4 is 0 Å². The highest BCUT2D eigenvalue weighted by Gasteiger charge is 2.16. The van der Waals surface area contributed by atoms with Crippen LogP contribution in [-0.2, 0) is 0 Å². The maximum atomic E-state index is 2.29. The van der Waals surface area contributed by atoms with Gasteiger partial charge in [-0.25, -0.2) is 0 Å². The van der Waals surface area contributed by atoms with Crippen molar-refractivity contribution in [3.05, 3.63) is 115 Å². The van der Waals surface area contributed by atoms with Gasteiger partial charge >= 0.3 is 0 Å². The zero-order chi connectivity index (χ0) is 17.6. The summed E-state index contributed by atoms with van der Waals surface area (Å²) in [5.41, 5.74) is 0. The summed E-state index contributed by atoms with van der Waals surface area (Å²) in [4.78, 5) is 6.78. The zero-order valence-corrected chi connectivity index (χ0v) is 16.0. The van der Waals surface area contributed by atoms with Gasteiger partial charge in [-0.3, -0.25) is 0 Å². The minimum absolute atomic E-state index is 0.584. The Morgan fingerprint density at radius 3 is 1.50 bits per heavy atom. The lowest BCUT2D eigenvalue weighted by atomic mass is 10.3. The Morgan fingerprint density at radius 1 is 0.462 bits per heavy atom. The molecule has 0 radical (unpaired) electrons. The molecule has 2 heteroatoms. The van der Waals surface area contributed by atoms with E-state index >= 15 is 0 Å². The van der Waals surface area contributed by atoms with Crippen LogP contribution in [0.15, 0.2) is 140 Å². The minimum atomic E-state index is -0.584. The van der Waals surface area contributed by atoms with Gasteiger partial charge in [0.2, 0.25) is 0 Å². The van der Waals surface area contributed by atoms with Gasteiger partial charge in [-0.1, -0.05) is 78.5 Å². The number of benzene rings is 4. The molecule has 26 heavy (non-hydrogen) atoms. The molecule has 0 saturated heterocycles. The van der Waals surface area contributed by atoms with Crippen molar-refractivity contribution >= 4 is 22.7 Å². The molecule has 128 valence electrons. The van der Waals surface area contributed by atoms with E-state index in [1.165, 1.54) is 24.5 Å². The molecule has 0 unspecified atom stereocenters. The van der Waals surface area contributed by atoms with Crippen molar-refractivity contribution in [3.63, 3.8) is 0 Å². The van der Waals surface area contributed by atoms with Gasteiger partial charge in [0.05, 0.1) is 0 Å². The summed E-state index contributed by atoms with van der Waals surface area (Å²) in [5.74, 6) is 0. The second-order valence-corrected chi connectivity index (χ2v) is 9.19. The molecule has 0 aliphatic carbocycles. The molecule has 0 spiro atoms. The molecular formula is C24H20S2. The fourth-order valence-corrected chi connectivity index (χ4v) is 6.53. The molecule has 4 rings (SSSR count). The first-order valence-electron chi connectivity index (χ1n) is 8.64. The first-order valence-corrected chi connectivity index (χ1v) is 10.8. The number of rotatable bonds is 5. The predicted octanol–water partition coefficient (Wildman–Crippen LogP) is 7.32. The van der Waals surface area contributed by atoms with Crippen LogP contribution in [0.5, 0.6) is 0 Å². The summed E-state index contributed by atoms with van der Waals surface area (Å²) >= 11 is 1.85. The van der Waals surface area contributed by atoms with Crippen molar-refractivity contribution < 1.29 is 0 Å². The Bertz CT molecular complexity index is 911. The fourth-order valence-electron chi connectivity index (χ4n) is 2.93. The Kier molecular flexibility index (Phi) is 5.44. The van der Waals surface area contributed by atoms with E-state index in [1.807, 2.05) is 11.8 Å². The minimum Gasteiger partial charge on any atom is -0.172 e. The third-order valence-electron chi connectivity index (χ3n) is 4.11. The highest BCUT2D eigenvalue weighted by Crippen LogP contribution is 2.54. The van der Waals surface area contributed by atoms with Crippen LogP contribution in [0.25, 0.3) is 0 Å². The molecule has 0 nitrogen and oxygen atoms in total. The van der Waals surface area contributed by atoms with Gasteiger partial charge in [-0.15, -0.1) is 0 Å². The Balaban J connectivity index is 1.82. The fraction of sp³-hybridized carbons (Fsp3) is 0. The zero-order valence-electron chi connectivity index (χ0n) is 14.3. The van der Waals surface area contributed by atoms with Gasteiger partial charge in [0.1, 0.15) is 0 Å². The van der Waals surface area contributed by atoms with Gasteiger partial charge in [-0.05, 0) is 58.3 Å². The van der Waals surface area contributed by atoms with Crippen LogP contribution >= 0.6 is 22.7 Å². The summed E-state index contributed by atoms with van der Waals surface area (Å²) in [6.45, 7) is 0. The summed E-state index contributed by atoms with van der Waals surface area (Å²) in [5, 5.41) is 0. The SMILES string of the molecule is c1ccc(Sc2ccccc2[SH](c2ccccc2)c2ccccc2)cc1. The van der Waals surface area contributed by atoms with Gasteiger partial charge in [0.15, 0.2) is 0 Å². The Morgan fingerprint density at radius 2 is 0.923 bits per heavy atom. The van der Waals surface area contributed by atoms with Crippen molar-refractivity contribution in [1.29, 1.82) is 0 Å². The summed E-state index contributed by atoms with van der Waals surface area (Å²) < 4.78 is 0. The van der Waals surface area contributed by atoms with Gasteiger partial charge < -0.3 is 0 Å². The molecule has 4 aromatic carbocycles. The molecule has 0 aliphatic heterocycles. The molecule has 0 bridgehead atoms. The lowest BCUT2D eigenvalue weighted by Gasteiger charge is -2.25. The van der Waals surface area contributed by atoms with E-state index in [2.05, 4.69) is 115 Å². The van der Waals surface area contributed by atoms with Crippen molar-refractivity contribution in [3.8, 4) is 0 Å². The van der Waals surface area contributed by atoms with Crippen LogP contribution in [0, 0.1) is 0 Å². The highest BCUT2D eigenvalue weighted by molar-refractivity contribution is 8.17. The summed E-state index contributed by atoms with van der Waals surface area (Å²) in [7, 11) is -0.584. The molecular weight excluding hydrogens is 352 g/mol. The van der Waals surface area contributed by atoms with E-state index < -0.39 is 10.9 Å². The average molecular weight is 373 g/mol. The third-order valence-corrected chi connectivity index (χ3v) is 7.84. The average Bonchev–Trinajstić information content (AvgIpc) is 2.72. The molecule has 0 atom stereocenters. The second-order valence-electron chi connectivity index (χ2n) is 5.89. The maximum Gasteiger partial charge on any atom is 0.0247 e. The highest BCUT2D eigenvalue weighted by atomic mass is 32.2. The van der Waals surface area contributed by atoms with E-state index in [0.29, 0.717) is 0 Å². The first kappa shape index (κ1) is 17.0. The van der Waals surface area contributed by atoms with E-state index in [4.69, 9.17) is 0 Å². The lowest BCUT2D eigenvalue weighted by Crippen LogP contribution is -1.90. The van der Waals surface area contributed by atoms with Crippen molar-refractivity contribution in [1.82, 2.24) is 0 Å². The topological polar surface area (TPSA) is 0 Å². The Labute approximate surface area is 162 Å². The molecule has 0 heterocycles. The molecule has 0 aliphatic rings. The predicted molar refractivity (Wildman–Crippen MR) is 114 cm³/mol. The van der Waals surface area contributed by atoms with Crippen molar-refractivity contribution in [2.75, 3.05) is 0 Å². The second kappa shape index (κ2) is 8.31. The van der Waals surface area contributed by atoms with Gasteiger partial charge in [-0.2, -0.15) is 10.9 Å². The van der Waals surface area contributed by atoms with E-state index in [9.17, 15) is 0 Å². The van der Waals surface area contributed by atoms with E-state index in [-0.39, 0.29) is 0 Å². The monoisotopic (exact) mass is 372 g/mol. The van der Waals surface area contributed by atoms with Crippen LogP contribution in [-0.4, -0.2) is 0 Å². The molecule has 0 amide bonds. The number of hydrogen-bond acceptors (Lipinski definition) is 1. The first-order chi connectivity index (χ1) is 12.9. The van der Waals surface area contributed by atoms with Crippen molar-refractivity contribution in [2.45, 2.75) is 24.5 Å². The normalized spacial score (nSPS) is 11.2. The quantitative estimate of drug-likeness (QED) is 0.358. The van der Waals surface area contributed by atoms with E-state index in [1.54, 1.807) is 0 Å². The molecule has 0 aromatic heterocycles. The van der Waals surface area contributed by atoms with Gasteiger partial charge in [0, 0.05) is 14.7 Å². The summed E-state index contributed by atoms with van der Waals surface area (Å²) in [6.07, 6.45) is 0. The maximum absolute atomic E-state index is 2.29. The van der Waals surface area contributed by atoms with Gasteiger partial charge in [0.25, 0.3) is 0 Å². The standard InChI is InChI=1S/C24H20S2/c1-4-12-20(13-5-1)25-23-18-10-11-19-24(23)26(21-14-6-2-7-15-21)22-16-8-3-9-17-22/h1-19,26H. The number of hydrogen-bond donors (Lipinski definition) is 1. The largest absolute Gasteiger partial charge is 0.172 e. The molecule has 4 aromatic rings. The molecule has 0 saturated carbocycles. The number of thiol groups is 1. The van der Waals surface area contributed by atoms with E-state index in [0.717, 1.165) is 0 Å². The lowest BCUT2D eigenvalue weighted by molar-refractivity contribution is 1.21. The molecule has 0 N–H and O–H groups in total. The van der Waals surface area contributed by atoms with Crippen LogP contribution in [0.4, 0.5) is 0 Å². The van der Waals surface area contributed by atoms with Crippen LogP contribution in [0.3, 0.4) is 0 Å². The smallest absolute Gasteiger partial charge is 0.0247 e. The Hall–Kier alpha value is -2.42. The summed E-state index contributed by atoms with van der Waals surface area (Å²) in [6, 6.07) is 41.2. The van der Waals surface area contributed by atoms with Crippen LogP contribution in [0.1, 0.15) is 0 Å². The van der Waals surface area contributed by atoms with Crippen molar-refractivity contribution in [2.24, 2.45) is 0 Å².